The first kappa shape index (κ1) is 16.0. The molecular weight excluding hydrogens is 276 g/mol. The van der Waals surface area contributed by atoms with Gasteiger partial charge in [0.15, 0.2) is 0 Å². The minimum Gasteiger partial charge on any atom is -0.508 e. The SMILES string of the molecule is CC(Cc1ccccc1)c1ccc(O)cc1Cl.O=C=O. The van der Waals surface area contributed by atoms with Crippen LogP contribution in [0.3, 0.4) is 0 Å². The first-order chi connectivity index (χ1) is 9.58. The number of rotatable bonds is 3. The maximum Gasteiger partial charge on any atom is 0.373 e. The van der Waals surface area contributed by atoms with E-state index in [-0.39, 0.29) is 11.9 Å². The number of phenols is 1. The van der Waals surface area contributed by atoms with Gasteiger partial charge in [-0.2, -0.15) is 9.59 Å². The molecule has 0 spiro atoms. The van der Waals surface area contributed by atoms with Crippen LogP contribution >= 0.6 is 11.6 Å². The van der Waals surface area contributed by atoms with Gasteiger partial charge in [-0.25, -0.2) is 0 Å². The van der Waals surface area contributed by atoms with Crippen molar-refractivity contribution in [1.82, 2.24) is 0 Å². The number of hydrogen-bond acceptors (Lipinski definition) is 3. The fraction of sp³-hybridized carbons (Fsp3) is 0.188. The highest BCUT2D eigenvalue weighted by Crippen LogP contribution is 2.29. The molecule has 0 radical (unpaired) electrons. The lowest BCUT2D eigenvalue weighted by Gasteiger charge is -2.13. The molecule has 0 fully saturated rings. The van der Waals surface area contributed by atoms with E-state index in [1.807, 2.05) is 24.3 Å². The van der Waals surface area contributed by atoms with Gasteiger partial charge < -0.3 is 5.11 Å². The van der Waals surface area contributed by atoms with Crippen molar-refractivity contribution in [1.29, 1.82) is 0 Å². The summed E-state index contributed by atoms with van der Waals surface area (Å²) >= 11 is 6.13. The summed E-state index contributed by atoms with van der Waals surface area (Å²) in [5, 5.41) is 9.96. The Kier molecular flexibility index (Phi) is 6.51. The summed E-state index contributed by atoms with van der Waals surface area (Å²) in [6.07, 6.45) is 1.20. The summed E-state index contributed by atoms with van der Waals surface area (Å²) in [6.45, 7) is 2.14. The quantitative estimate of drug-likeness (QED) is 0.935. The van der Waals surface area contributed by atoms with Crippen molar-refractivity contribution >= 4 is 17.8 Å². The molecular formula is C16H15ClO3. The fourth-order valence-corrected chi connectivity index (χ4v) is 2.35. The lowest BCUT2D eigenvalue weighted by atomic mass is 9.94. The average molecular weight is 291 g/mol. The summed E-state index contributed by atoms with van der Waals surface area (Å²) in [5.74, 6) is 0.552. The smallest absolute Gasteiger partial charge is 0.373 e. The largest absolute Gasteiger partial charge is 0.508 e. The molecule has 0 heterocycles. The van der Waals surface area contributed by atoms with E-state index < -0.39 is 0 Å². The molecule has 20 heavy (non-hydrogen) atoms. The van der Waals surface area contributed by atoms with Crippen molar-refractivity contribution in [3.8, 4) is 5.75 Å². The minimum atomic E-state index is 0.214. The first-order valence-corrected chi connectivity index (χ1v) is 6.48. The summed E-state index contributed by atoms with van der Waals surface area (Å²) in [6, 6.07) is 15.5. The van der Waals surface area contributed by atoms with Crippen LogP contribution in [0.5, 0.6) is 5.75 Å². The van der Waals surface area contributed by atoms with Crippen molar-refractivity contribution in [2.24, 2.45) is 0 Å². The van der Waals surface area contributed by atoms with Crippen LogP contribution in [-0.4, -0.2) is 11.3 Å². The lowest BCUT2D eigenvalue weighted by Crippen LogP contribution is -1.99. The van der Waals surface area contributed by atoms with Gasteiger partial charge in [0.25, 0.3) is 0 Å². The van der Waals surface area contributed by atoms with Crippen LogP contribution in [0.4, 0.5) is 0 Å². The maximum absolute atomic E-state index is 9.32. The van der Waals surface area contributed by atoms with E-state index in [1.165, 1.54) is 5.56 Å². The number of phenolic OH excluding ortho intramolecular Hbond substituents is 1. The van der Waals surface area contributed by atoms with Gasteiger partial charge in [-0.05, 0) is 35.6 Å². The van der Waals surface area contributed by atoms with Gasteiger partial charge in [-0.1, -0.05) is 54.9 Å². The van der Waals surface area contributed by atoms with Gasteiger partial charge in [0.2, 0.25) is 0 Å². The Morgan fingerprint density at radius 3 is 2.30 bits per heavy atom. The molecule has 4 heteroatoms. The van der Waals surface area contributed by atoms with Crippen LogP contribution in [0.25, 0.3) is 0 Å². The molecule has 2 rings (SSSR count). The van der Waals surface area contributed by atoms with Crippen LogP contribution in [0.1, 0.15) is 24.0 Å². The second kappa shape index (κ2) is 8.16. The summed E-state index contributed by atoms with van der Waals surface area (Å²) in [7, 11) is 0. The summed E-state index contributed by atoms with van der Waals surface area (Å²) in [4.78, 5) is 16.2. The second-order valence-electron chi connectivity index (χ2n) is 4.38. The molecule has 1 atom stereocenters. The molecule has 1 N–H and O–H groups in total. The van der Waals surface area contributed by atoms with Crippen molar-refractivity contribution in [2.75, 3.05) is 0 Å². The van der Waals surface area contributed by atoms with E-state index in [0.29, 0.717) is 10.9 Å². The maximum atomic E-state index is 9.32. The van der Waals surface area contributed by atoms with Gasteiger partial charge in [-0.15, -0.1) is 0 Å². The molecule has 3 nitrogen and oxygen atoms in total. The second-order valence-corrected chi connectivity index (χ2v) is 4.79. The zero-order valence-electron chi connectivity index (χ0n) is 11.0. The topological polar surface area (TPSA) is 54.4 Å². The first-order valence-electron chi connectivity index (χ1n) is 6.10. The lowest BCUT2D eigenvalue weighted by molar-refractivity contribution is -0.191. The fourth-order valence-electron chi connectivity index (χ4n) is 1.99. The van der Waals surface area contributed by atoms with E-state index in [0.717, 1.165) is 12.0 Å². The third kappa shape index (κ3) is 4.88. The Labute approximate surface area is 122 Å². The Hall–Kier alpha value is -2.09. The Morgan fingerprint density at radius 2 is 1.75 bits per heavy atom. The molecule has 104 valence electrons. The summed E-state index contributed by atoms with van der Waals surface area (Å²) < 4.78 is 0. The number of aromatic hydroxyl groups is 1. The highest BCUT2D eigenvalue weighted by atomic mass is 35.5. The Bertz CT molecular complexity index is 576. The van der Waals surface area contributed by atoms with Crippen molar-refractivity contribution in [2.45, 2.75) is 19.3 Å². The molecule has 0 bridgehead atoms. The van der Waals surface area contributed by atoms with Gasteiger partial charge in [0.1, 0.15) is 5.75 Å². The number of benzene rings is 2. The third-order valence-corrected chi connectivity index (χ3v) is 3.23. The molecule has 0 saturated heterocycles. The van der Waals surface area contributed by atoms with E-state index in [9.17, 15) is 5.11 Å². The van der Waals surface area contributed by atoms with Gasteiger partial charge in [-0.3, -0.25) is 0 Å². The van der Waals surface area contributed by atoms with E-state index in [2.05, 4.69) is 19.1 Å². The third-order valence-electron chi connectivity index (χ3n) is 2.90. The van der Waals surface area contributed by atoms with Crippen LogP contribution in [0.2, 0.25) is 5.02 Å². The van der Waals surface area contributed by atoms with Gasteiger partial charge in [0, 0.05) is 5.02 Å². The van der Waals surface area contributed by atoms with Crippen molar-refractivity contribution < 1.29 is 14.7 Å². The average Bonchev–Trinajstić information content (AvgIpc) is 2.40. The molecule has 0 aromatic heterocycles. The molecule has 2 aromatic carbocycles. The zero-order valence-corrected chi connectivity index (χ0v) is 11.8. The highest BCUT2D eigenvalue weighted by Gasteiger charge is 2.10. The number of hydrogen-bond donors (Lipinski definition) is 1. The zero-order chi connectivity index (χ0) is 15.0. The van der Waals surface area contributed by atoms with Crippen molar-refractivity contribution in [3.05, 3.63) is 64.7 Å². The molecule has 0 saturated carbocycles. The molecule has 2 aromatic rings. The highest BCUT2D eigenvalue weighted by molar-refractivity contribution is 6.31. The monoisotopic (exact) mass is 290 g/mol. The summed E-state index contributed by atoms with van der Waals surface area (Å²) in [5.41, 5.74) is 2.37. The Morgan fingerprint density at radius 1 is 1.15 bits per heavy atom. The van der Waals surface area contributed by atoms with E-state index in [4.69, 9.17) is 21.2 Å². The van der Waals surface area contributed by atoms with Crippen LogP contribution < -0.4 is 0 Å². The van der Waals surface area contributed by atoms with Crippen LogP contribution in [0.15, 0.2) is 48.5 Å². The molecule has 1 unspecified atom stereocenters. The predicted molar refractivity (Wildman–Crippen MR) is 76.7 cm³/mol. The van der Waals surface area contributed by atoms with Crippen LogP contribution in [0, 0.1) is 0 Å². The Balaban J connectivity index is 0.000000612. The minimum absolute atomic E-state index is 0.214. The molecule has 0 aliphatic rings. The molecule has 0 aliphatic carbocycles. The van der Waals surface area contributed by atoms with Gasteiger partial charge in [0.05, 0.1) is 0 Å². The van der Waals surface area contributed by atoms with E-state index in [1.54, 1.807) is 12.1 Å². The number of carbonyl (C=O) groups excluding carboxylic acids is 2. The van der Waals surface area contributed by atoms with Crippen molar-refractivity contribution in [3.63, 3.8) is 0 Å². The normalized spacial score (nSPS) is 10.9. The van der Waals surface area contributed by atoms with E-state index >= 15 is 0 Å². The standard InChI is InChI=1S/C15H15ClO.CO2/c1-11(9-12-5-3-2-4-6-12)14-8-7-13(17)10-15(14)16;2-1-3/h2-8,10-11,17H,9H2,1H3;. The molecule has 0 aliphatic heterocycles. The molecule has 0 amide bonds. The number of halogens is 1. The predicted octanol–water partition coefficient (Wildman–Crippen LogP) is 3.81. The van der Waals surface area contributed by atoms with Gasteiger partial charge >= 0.3 is 6.15 Å². The van der Waals surface area contributed by atoms with Crippen LogP contribution in [-0.2, 0) is 16.0 Å².